The minimum absolute atomic E-state index is 0.116. The molecule has 1 saturated heterocycles. The van der Waals surface area contributed by atoms with Crippen molar-refractivity contribution < 1.29 is 9.84 Å². The van der Waals surface area contributed by atoms with Gasteiger partial charge in [-0.25, -0.2) is 4.68 Å². The molecular weight excluding hydrogens is 316 g/mol. The molecule has 1 aliphatic rings. The Morgan fingerprint density at radius 2 is 2.53 bits per heavy atom. The zero-order valence-electron chi connectivity index (χ0n) is 10.4. The largest absolute Gasteiger partial charge is 0.394 e. The van der Waals surface area contributed by atoms with E-state index < -0.39 is 0 Å². The second-order valence-corrected chi connectivity index (χ2v) is 5.02. The van der Waals surface area contributed by atoms with Gasteiger partial charge >= 0.3 is 0 Å². The molecule has 0 bridgehead atoms. The number of hydrogen-bond donors (Lipinski definition) is 3. The van der Waals surface area contributed by atoms with Crippen LogP contribution in [-0.2, 0) is 11.3 Å². The Labute approximate surface area is 119 Å². The number of anilines is 1. The maximum absolute atomic E-state index is 11.9. The fourth-order valence-electron chi connectivity index (χ4n) is 1.83. The van der Waals surface area contributed by atoms with Crippen LogP contribution in [0.3, 0.4) is 0 Å². The summed E-state index contributed by atoms with van der Waals surface area (Å²) in [5.74, 6) is 0. The highest BCUT2D eigenvalue weighted by molar-refractivity contribution is 9.10. The van der Waals surface area contributed by atoms with E-state index in [1.807, 2.05) is 0 Å². The lowest BCUT2D eigenvalue weighted by atomic mass is 10.2. The summed E-state index contributed by atoms with van der Waals surface area (Å²) < 4.78 is 7.00. The predicted octanol–water partition coefficient (Wildman–Crippen LogP) is -0.602. The van der Waals surface area contributed by atoms with E-state index in [9.17, 15) is 4.79 Å². The van der Waals surface area contributed by atoms with Crippen LogP contribution < -0.4 is 16.2 Å². The molecular formula is C11H17BrN4O3. The van der Waals surface area contributed by atoms with Crippen molar-refractivity contribution in [3.63, 3.8) is 0 Å². The maximum atomic E-state index is 11.9. The molecule has 1 aromatic heterocycles. The first-order valence-electron chi connectivity index (χ1n) is 6.14. The molecule has 0 radical (unpaired) electrons. The highest BCUT2D eigenvalue weighted by Gasteiger charge is 2.14. The zero-order chi connectivity index (χ0) is 13.7. The van der Waals surface area contributed by atoms with Crippen molar-refractivity contribution in [1.82, 2.24) is 15.1 Å². The number of aliphatic hydroxyl groups excluding tert-OH is 1. The first-order valence-corrected chi connectivity index (χ1v) is 6.93. The van der Waals surface area contributed by atoms with Crippen LogP contribution >= 0.6 is 15.9 Å². The van der Waals surface area contributed by atoms with Gasteiger partial charge in [0.2, 0.25) is 0 Å². The molecule has 0 amide bonds. The van der Waals surface area contributed by atoms with Crippen molar-refractivity contribution in [2.75, 3.05) is 38.2 Å². The second-order valence-electron chi connectivity index (χ2n) is 4.23. The number of nitrogens with zero attached hydrogens (tertiary/aromatic N) is 2. The normalized spacial score (nSPS) is 19.4. The van der Waals surface area contributed by atoms with E-state index in [1.54, 1.807) is 6.20 Å². The fraction of sp³-hybridized carbons (Fsp3) is 0.636. The second kappa shape index (κ2) is 6.99. The molecule has 1 aromatic rings. The SMILES string of the molecule is O=c1c(Br)c(NCC2COCCN2)cnn1CCO. The Morgan fingerprint density at radius 3 is 3.21 bits per heavy atom. The maximum Gasteiger partial charge on any atom is 0.283 e. The number of rotatable bonds is 5. The minimum atomic E-state index is -0.257. The first kappa shape index (κ1) is 14.4. The highest BCUT2D eigenvalue weighted by Crippen LogP contribution is 2.16. The van der Waals surface area contributed by atoms with Crippen LogP contribution in [0.1, 0.15) is 0 Å². The number of nitrogens with one attached hydrogen (secondary N) is 2. The molecule has 0 aliphatic carbocycles. The van der Waals surface area contributed by atoms with Gasteiger partial charge in [-0.3, -0.25) is 4.79 Å². The molecule has 19 heavy (non-hydrogen) atoms. The highest BCUT2D eigenvalue weighted by atomic mass is 79.9. The van der Waals surface area contributed by atoms with E-state index in [1.165, 1.54) is 4.68 Å². The molecule has 1 unspecified atom stereocenters. The molecule has 7 nitrogen and oxygen atoms in total. The predicted molar refractivity (Wildman–Crippen MR) is 74.4 cm³/mol. The number of aliphatic hydroxyl groups is 1. The average Bonchev–Trinajstić information content (AvgIpc) is 2.44. The van der Waals surface area contributed by atoms with Crippen LogP contribution in [0.5, 0.6) is 0 Å². The van der Waals surface area contributed by atoms with Crippen molar-refractivity contribution in [3.05, 3.63) is 21.0 Å². The lowest BCUT2D eigenvalue weighted by molar-refractivity contribution is 0.0806. The number of hydrogen-bond acceptors (Lipinski definition) is 6. The van der Waals surface area contributed by atoms with Crippen LogP contribution in [0.2, 0.25) is 0 Å². The number of morpholine rings is 1. The molecule has 2 heterocycles. The smallest absolute Gasteiger partial charge is 0.283 e. The lowest BCUT2D eigenvalue weighted by Crippen LogP contribution is -2.45. The average molecular weight is 333 g/mol. The Hall–Kier alpha value is -0.960. The van der Waals surface area contributed by atoms with E-state index >= 15 is 0 Å². The van der Waals surface area contributed by atoms with E-state index in [4.69, 9.17) is 9.84 Å². The summed E-state index contributed by atoms with van der Waals surface area (Å²) in [6.45, 7) is 2.96. The molecule has 1 atom stereocenters. The van der Waals surface area contributed by atoms with Crippen molar-refractivity contribution in [2.24, 2.45) is 0 Å². The molecule has 0 aromatic carbocycles. The molecule has 0 spiro atoms. The van der Waals surface area contributed by atoms with Gasteiger partial charge in [-0.2, -0.15) is 5.10 Å². The van der Waals surface area contributed by atoms with Crippen LogP contribution in [0.25, 0.3) is 0 Å². The van der Waals surface area contributed by atoms with Crippen LogP contribution in [0.4, 0.5) is 5.69 Å². The third kappa shape index (κ3) is 3.75. The summed E-state index contributed by atoms with van der Waals surface area (Å²) in [5, 5.41) is 19.3. The molecule has 8 heteroatoms. The van der Waals surface area contributed by atoms with Gasteiger partial charge in [0.05, 0.1) is 38.2 Å². The number of ether oxygens (including phenoxy) is 1. The quantitative estimate of drug-likeness (QED) is 0.667. The zero-order valence-corrected chi connectivity index (χ0v) is 12.0. The number of aromatic nitrogens is 2. The fourth-order valence-corrected chi connectivity index (χ4v) is 2.27. The summed E-state index contributed by atoms with van der Waals surface area (Å²) in [5.41, 5.74) is 0.387. The summed E-state index contributed by atoms with van der Waals surface area (Å²) in [7, 11) is 0. The van der Waals surface area contributed by atoms with Gasteiger partial charge in [-0.05, 0) is 15.9 Å². The molecule has 3 N–H and O–H groups in total. The summed E-state index contributed by atoms with van der Waals surface area (Å²) in [6, 6.07) is 0.223. The third-order valence-corrected chi connectivity index (χ3v) is 3.60. The van der Waals surface area contributed by atoms with E-state index in [0.717, 1.165) is 13.2 Å². The van der Waals surface area contributed by atoms with E-state index in [0.29, 0.717) is 23.3 Å². The molecule has 2 rings (SSSR count). The van der Waals surface area contributed by atoms with Gasteiger partial charge in [-0.15, -0.1) is 0 Å². The Morgan fingerprint density at radius 1 is 1.68 bits per heavy atom. The van der Waals surface area contributed by atoms with Crippen molar-refractivity contribution in [2.45, 2.75) is 12.6 Å². The lowest BCUT2D eigenvalue weighted by Gasteiger charge is -2.24. The van der Waals surface area contributed by atoms with Gasteiger partial charge in [-0.1, -0.05) is 0 Å². The van der Waals surface area contributed by atoms with Crippen LogP contribution in [0, 0.1) is 0 Å². The van der Waals surface area contributed by atoms with Crippen molar-refractivity contribution >= 4 is 21.6 Å². The van der Waals surface area contributed by atoms with Gasteiger partial charge in [0.1, 0.15) is 4.47 Å². The molecule has 0 saturated carbocycles. The van der Waals surface area contributed by atoms with Crippen LogP contribution in [0.15, 0.2) is 15.5 Å². The topological polar surface area (TPSA) is 88.4 Å². The van der Waals surface area contributed by atoms with Gasteiger partial charge < -0.3 is 20.5 Å². The minimum Gasteiger partial charge on any atom is -0.394 e. The van der Waals surface area contributed by atoms with Gasteiger partial charge in [0.15, 0.2) is 0 Å². The van der Waals surface area contributed by atoms with Crippen molar-refractivity contribution in [1.29, 1.82) is 0 Å². The third-order valence-electron chi connectivity index (χ3n) is 2.83. The number of halogens is 1. The van der Waals surface area contributed by atoms with Gasteiger partial charge in [0.25, 0.3) is 5.56 Å². The molecule has 106 valence electrons. The summed E-state index contributed by atoms with van der Waals surface area (Å²) in [4.78, 5) is 11.9. The molecule has 1 aliphatic heterocycles. The van der Waals surface area contributed by atoms with Crippen LogP contribution in [-0.4, -0.2) is 53.8 Å². The van der Waals surface area contributed by atoms with E-state index in [2.05, 4.69) is 31.7 Å². The van der Waals surface area contributed by atoms with E-state index in [-0.39, 0.29) is 24.8 Å². The van der Waals surface area contributed by atoms with Crippen molar-refractivity contribution in [3.8, 4) is 0 Å². The summed E-state index contributed by atoms with van der Waals surface area (Å²) in [6.07, 6.45) is 1.57. The standard InChI is InChI=1S/C11H17BrN4O3/c12-10-9(6-15-16(2-3-17)11(10)18)14-5-8-7-19-4-1-13-8/h6,8,13-14,17H,1-5,7H2. The Bertz CT molecular complexity index is 473. The van der Waals surface area contributed by atoms with Gasteiger partial charge in [0, 0.05) is 19.1 Å². The Kier molecular flexibility index (Phi) is 5.32. The Balaban J connectivity index is 2.00. The monoisotopic (exact) mass is 332 g/mol. The summed E-state index contributed by atoms with van der Waals surface area (Å²) >= 11 is 3.26. The molecule has 1 fully saturated rings. The first-order chi connectivity index (χ1) is 9.22.